The van der Waals surface area contributed by atoms with Gasteiger partial charge in [-0.1, -0.05) is 0 Å². The van der Waals surface area contributed by atoms with Gasteiger partial charge in [-0.3, -0.25) is 0 Å². The Hall–Kier alpha value is -1.42. The fourth-order valence-corrected chi connectivity index (χ4v) is 1.49. The molecule has 0 bridgehead atoms. The molecular weight excluding hydrogens is 181 g/mol. The van der Waals surface area contributed by atoms with E-state index in [0.717, 1.165) is 12.1 Å². The van der Waals surface area contributed by atoms with Crippen molar-refractivity contribution in [3.63, 3.8) is 0 Å². The molecule has 3 nitrogen and oxygen atoms in total. The van der Waals surface area contributed by atoms with Gasteiger partial charge in [-0.2, -0.15) is 0 Å². The third-order valence-electron chi connectivity index (χ3n) is 2.08. The van der Waals surface area contributed by atoms with E-state index in [1.54, 1.807) is 12.4 Å². The second-order valence-corrected chi connectivity index (χ2v) is 3.50. The number of nitrogens with two attached hydrogens (primary N) is 1. The van der Waals surface area contributed by atoms with Gasteiger partial charge in [-0.05, 0) is 13.0 Å². The Morgan fingerprint density at radius 3 is 3.14 bits per heavy atom. The summed E-state index contributed by atoms with van der Waals surface area (Å²) >= 11 is 0. The Kier molecular flexibility index (Phi) is 2.21. The van der Waals surface area contributed by atoms with E-state index in [1.807, 2.05) is 11.3 Å². The lowest BCUT2D eigenvalue weighted by Crippen LogP contribution is -2.18. The van der Waals surface area contributed by atoms with E-state index in [-0.39, 0.29) is 11.9 Å². The SMILES string of the molecule is CC(N)Cc1cnc2cc(F)ccn12. The molecule has 0 aliphatic heterocycles. The minimum absolute atomic E-state index is 0.0833. The van der Waals surface area contributed by atoms with E-state index >= 15 is 0 Å². The van der Waals surface area contributed by atoms with E-state index in [2.05, 4.69) is 4.98 Å². The zero-order chi connectivity index (χ0) is 10.1. The van der Waals surface area contributed by atoms with Crippen LogP contribution in [0.3, 0.4) is 0 Å². The number of pyridine rings is 1. The highest BCUT2D eigenvalue weighted by atomic mass is 19.1. The second-order valence-electron chi connectivity index (χ2n) is 3.50. The molecule has 2 aromatic rings. The molecule has 0 spiro atoms. The summed E-state index contributed by atoms with van der Waals surface area (Å²) in [6.45, 7) is 1.93. The lowest BCUT2D eigenvalue weighted by molar-refractivity contribution is 0.625. The molecule has 0 aliphatic carbocycles. The highest BCUT2D eigenvalue weighted by molar-refractivity contribution is 5.40. The largest absolute Gasteiger partial charge is 0.328 e. The monoisotopic (exact) mass is 193 g/mol. The maximum absolute atomic E-state index is 12.8. The minimum atomic E-state index is -0.268. The van der Waals surface area contributed by atoms with Gasteiger partial charge in [0.25, 0.3) is 0 Å². The number of imidazole rings is 1. The first-order valence-electron chi connectivity index (χ1n) is 4.54. The maximum atomic E-state index is 12.8. The van der Waals surface area contributed by atoms with Gasteiger partial charge in [0, 0.05) is 36.6 Å². The third-order valence-corrected chi connectivity index (χ3v) is 2.08. The number of nitrogens with zero attached hydrogens (tertiary/aromatic N) is 2. The van der Waals surface area contributed by atoms with Crippen LogP contribution < -0.4 is 5.73 Å². The van der Waals surface area contributed by atoms with Crippen molar-refractivity contribution in [2.45, 2.75) is 19.4 Å². The zero-order valence-corrected chi connectivity index (χ0v) is 7.94. The van der Waals surface area contributed by atoms with Crippen LogP contribution in [-0.2, 0) is 6.42 Å². The Bertz CT molecular complexity index is 448. The molecule has 2 rings (SSSR count). The molecule has 0 amide bonds. The van der Waals surface area contributed by atoms with Crippen LogP contribution in [-0.4, -0.2) is 15.4 Å². The molecule has 0 saturated carbocycles. The molecule has 2 heterocycles. The molecule has 2 aromatic heterocycles. The van der Waals surface area contributed by atoms with Crippen LogP contribution in [0.2, 0.25) is 0 Å². The van der Waals surface area contributed by atoms with E-state index in [9.17, 15) is 4.39 Å². The Balaban J connectivity index is 2.47. The third kappa shape index (κ3) is 1.61. The number of hydrogen-bond donors (Lipinski definition) is 1. The minimum Gasteiger partial charge on any atom is -0.328 e. The van der Waals surface area contributed by atoms with Crippen LogP contribution in [0, 0.1) is 5.82 Å². The fraction of sp³-hybridized carbons (Fsp3) is 0.300. The summed E-state index contributed by atoms with van der Waals surface area (Å²) in [5.41, 5.74) is 7.32. The fourth-order valence-electron chi connectivity index (χ4n) is 1.49. The highest BCUT2D eigenvalue weighted by Gasteiger charge is 2.05. The standard InChI is InChI=1S/C10H12FN3/c1-7(12)4-9-6-13-10-5-8(11)2-3-14(9)10/h2-3,5-7H,4,12H2,1H3. The Labute approximate surface area is 81.4 Å². The van der Waals surface area contributed by atoms with Crippen LogP contribution in [0.1, 0.15) is 12.6 Å². The zero-order valence-electron chi connectivity index (χ0n) is 7.94. The highest BCUT2D eigenvalue weighted by Crippen LogP contribution is 2.09. The molecule has 1 atom stereocenters. The maximum Gasteiger partial charge on any atom is 0.139 e. The molecule has 4 heteroatoms. The lowest BCUT2D eigenvalue weighted by Gasteiger charge is -2.04. The van der Waals surface area contributed by atoms with Gasteiger partial charge in [-0.15, -0.1) is 0 Å². The molecule has 74 valence electrons. The van der Waals surface area contributed by atoms with Crippen molar-refractivity contribution in [3.05, 3.63) is 36.0 Å². The van der Waals surface area contributed by atoms with Gasteiger partial charge >= 0.3 is 0 Å². The topological polar surface area (TPSA) is 43.3 Å². The molecule has 1 unspecified atom stereocenters. The number of halogens is 1. The molecule has 14 heavy (non-hydrogen) atoms. The quantitative estimate of drug-likeness (QED) is 0.782. The van der Waals surface area contributed by atoms with E-state index in [1.165, 1.54) is 12.1 Å². The average molecular weight is 193 g/mol. The molecule has 0 aliphatic rings. The van der Waals surface area contributed by atoms with Gasteiger partial charge in [0.1, 0.15) is 11.5 Å². The molecule has 0 radical (unpaired) electrons. The van der Waals surface area contributed by atoms with E-state index < -0.39 is 0 Å². The number of hydrogen-bond acceptors (Lipinski definition) is 2. The van der Waals surface area contributed by atoms with Crippen molar-refractivity contribution >= 4 is 5.65 Å². The summed E-state index contributed by atoms with van der Waals surface area (Å²) in [5, 5.41) is 0. The van der Waals surface area contributed by atoms with Crippen molar-refractivity contribution < 1.29 is 4.39 Å². The van der Waals surface area contributed by atoms with E-state index in [0.29, 0.717) is 5.65 Å². The molecule has 2 N–H and O–H groups in total. The molecule has 0 saturated heterocycles. The molecular formula is C10H12FN3. The van der Waals surface area contributed by atoms with Gasteiger partial charge < -0.3 is 10.1 Å². The summed E-state index contributed by atoms with van der Waals surface area (Å²) in [6.07, 6.45) is 4.15. The van der Waals surface area contributed by atoms with Crippen molar-refractivity contribution in [1.29, 1.82) is 0 Å². The predicted octanol–water partition coefficient (Wildman–Crippen LogP) is 1.36. The van der Waals surface area contributed by atoms with Gasteiger partial charge in [0.05, 0.1) is 0 Å². The summed E-state index contributed by atoms with van der Waals surface area (Å²) in [4.78, 5) is 4.10. The average Bonchev–Trinajstić information content (AvgIpc) is 2.47. The first kappa shape index (κ1) is 9.15. The smallest absolute Gasteiger partial charge is 0.139 e. The number of fused-ring (bicyclic) bond motifs is 1. The van der Waals surface area contributed by atoms with Gasteiger partial charge in [-0.25, -0.2) is 9.37 Å². The Morgan fingerprint density at radius 1 is 1.64 bits per heavy atom. The van der Waals surface area contributed by atoms with Crippen molar-refractivity contribution in [2.24, 2.45) is 5.73 Å². The van der Waals surface area contributed by atoms with Gasteiger partial charge in [0.15, 0.2) is 0 Å². The van der Waals surface area contributed by atoms with Crippen LogP contribution >= 0.6 is 0 Å². The normalized spacial score (nSPS) is 13.4. The molecule has 0 aromatic carbocycles. The first-order valence-corrected chi connectivity index (χ1v) is 4.54. The van der Waals surface area contributed by atoms with Crippen LogP contribution in [0.5, 0.6) is 0 Å². The van der Waals surface area contributed by atoms with Crippen molar-refractivity contribution in [1.82, 2.24) is 9.38 Å². The van der Waals surface area contributed by atoms with Crippen LogP contribution in [0.15, 0.2) is 24.5 Å². The van der Waals surface area contributed by atoms with Crippen molar-refractivity contribution in [2.75, 3.05) is 0 Å². The van der Waals surface area contributed by atoms with Crippen molar-refractivity contribution in [3.8, 4) is 0 Å². The van der Waals surface area contributed by atoms with Crippen LogP contribution in [0.25, 0.3) is 5.65 Å². The van der Waals surface area contributed by atoms with Crippen LogP contribution in [0.4, 0.5) is 4.39 Å². The Morgan fingerprint density at radius 2 is 2.43 bits per heavy atom. The number of aromatic nitrogens is 2. The lowest BCUT2D eigenvalue weighted by atomic mass is 10.2. The summed E-state index contributed by atoms with van der Waals surface area (Å²) in [7, 11) is 0. The number of rotatable bonds is 2. The van der Waals surface area contributed by atoms with E-state index in [4.69, 9.17) is 5.73 Å². The predicted molar refractivity (Wildman–Crippen MR) is 52.5 cm³/mol. The molecule has 0 fully saturated rings. The first-order chi connectivity index (χ1) is 6.66. The summed E-state index contributed by atoms with van der Waals surface area (Å²) in [5.74, 6) is -0.268. The second kappa shape index (κ2) is 3.38. The summed E-state index contributed by atoms with van der Waals surface area (Å²) in [6, 6.07) is 2.91. The summed E-state index contributed by atoms with van der Waals surface area (Å²) < 4.78 is 14.7. The van der Waals surface area contributed by atoms with Gasteiger partial charge in [0.2, 0.25) is 0 Å².